The smallest absolute Gasteiger partial charge is 0.309 e. The maximum absolute atomic E-state index is 10.8. The van der Waals surface area contributed by atoms with Gasteiger partial charge in [0.25, 0.3) is 0 Å². The van der Waals surface area contributed by atoms with Gasteiger partial charge in [0.05, 0.1) is 23.9 Å². The van der Waals surface area contributed by atoms with Gasteiger partial charge in [0, 0.05) is 12.4 Å². The Bertz CT molecular complexity index is 744. The van der Waals surface area contributed by atoms with Crippen LogP contribution in [0.2, 0.25) is 0 Å². The number of rotatable bonds is 3. The van der Waals surface area contributed by atoms with E-state index in [0.717, 1.165) is 11.4 Å². The molecule has 0 bridgehead atoms. The van der Waals surface area contributed by atoms with Gasteiger partial charge in [-0.1, -0.05) is 0 Å². The Labute approximate surface area is 108 Å². The topological polar surface area (TPSA) is 80.6 Å². The van der Waals surface area contributed by atoms with E-state index in [1.54, 1.807) is 29.1 Å². The first-order valence-electron chi connectivity index (χ1n) is 5.74. The number of furan rings is 1. The highest BCUT2D eigenvalue weighted by Gasteiger charge is 2.14. The molecule has 0 unspecified atom stereocenters. The number of hydrogen-bond donors (Lipinski definition) is 1. The Kier molecular flexibility index (Phi) is 2.56. The summed E-state index contributed by atoms with van der Waals surface area (Å²) in [5.74, 6) is 0.494. The summed E-state index contributed by atoms with van der Waals surface area (Å²) in [4.78, 5) is 19.4. The van der Waals surface area contributed by atoms with Crippen LogP contribution in [-0.4, -0.2) is 25.4 Å². The van der Waals surface area contributed by atoms with Gasteiger partial charge in [-0.3, -0.25) is 9.20 Å². The van der Waals surface area contributed by atoms with Crippen LogP contribution in [0.1, 0.15) is 11.5 Å². The van der Waals surface area contributed by atoms with Gasteiger partial charge in [-0.2, -0.15) is 0 Å². The first-order valence-corrected chi connectivity index (χ1v) is 5.74. The van der Waals surface area contributed by atoms with Crippen molar-refractivity contribution < 1.29 is 14.3 Å². The molecule has 0 amide bonds. The SMILES string of the molecule is Cc1ncc(-c2ccco2)c2nc(CC(=O)O)cn12. The predicted molar refractivity (Wildman–Crippen MR) is 66.8 cm³/mol. The maximum atomic E-state index is 10.8. The average molecular weight is 257 g/mol. The van der Waals surface area contributed by atoms with Gasteiger partial charge in [-0.25, -0.2) is 9.97 Å². The summed E-state index contributed by atoms with van der Waals surface area (Å²) in [6, 6.07) is 3.60. The highest BCUT2D eigenvalue weighted by Crippen LogP contribution is 2.24. The normalized spacial score (nSPS) is 11.0. The Morgan fingerprint density at radius 2 is 2.37 bits per heavy atom. The van der Waals surface area contributed by atoms with E-state index in [-0.39, 0.29) is 6.42 Å². The number of aromatic nitrogens is 3. The third kappa shape index (κ3) is 1.97. The zero-order chi connectivity index (χ0) is 13.4. The van der Waals surface area contributed by atoms with Crippen LogP contribution in [-0.2, 0) is 11.2 Å². The molecule has 6 heteroatoms. The van der Waals surface area contributed by atoms with Crippen LogP contribution in [0.4, 0.5) is 0 Å². The summed E-state index contributed by atoms with van der Waals surface area (Å²) in [7, 11) is 0. The van der Waals surface area contributed by atoms with Crippen molar-refractivity contribution in [2.75, 3.05) is 0 Å². The van der Waals surface area contributed by atoms with Crippen molar-refractivity contribution in [2.24, 2.45) is 0 Å². The van der Waals surface area contributed by atoms with Crippen molar-refractivity contribution in [3.05, 3.63) is 42.3 Å². The minimum atomic E-state index is -0.909. The molecular weight excluding hydrogens is 246 g/mol. The molecule has 0 saturated carbocycles. The van der Waals surface area contributed by atoms with Crippen LogP contribution < -0.4 is 0 Å². The summed E-state index contributed by atoms with van der Waals surface area (Å²) < 4.78 is 7.12. The molecule has 0 aliphatic rings. The molecule has 3 heterocycles. The molecule has 0 saturated heterocycles. The lowest BCUT2D eigenvalue weighted by atomic mass is 10.2. The van der Waals surface area contributed by atoms with Crippen molar-refractivity contribution in [1.29, 1.82) is 0 Å². The number of hydrogen-bond acceptors (Lipinski definition) is 4. The van der Waals surface area contributed by atoms with E-state index in [1.165, 1.54) is 0 Å². The van der Waals surface area contributed by atoms with E-state index in [1.807, 2.05) is 13.0 Å². The minimum Gasteiger partial charge on any atom is -0.481 e. The van der Waals surface area contributed by atoms with E-state index in [4.69, 9.17) is 9.52 Å². The summed E-state index contributed by atoms with van der Waals surface area (Å²) in [5.41, 5.74) is 1.89. The van der Waals surface area contributed by atoms with Crippen LogP contribution >= 0.6 is 0 Å². The van der Waals surface area contributed by atoms with Crippen molar-refractivity contribution in [2.45, 2.75) is 13.3 Å². The largest absolute Gasteiger partial charge is 0.481 e. The minimum absolute atomic E-state index is 0.112. The summed E-state index contributed by atoms with van der Waals surface area (Å²) in [5, 5.41) is 8.83. The fourth-order valence-corrected chi connectivity index (χ4v) is 1.99. The van der Waals surface area contributed by atoms with Crippen molar-refractivity contribution >= 4 is 11.6 Å². The molecular formula is C13H11N3O3. The lowest BCUT2D eigenvalue weighted by molar-refractivity contribution is -0.136. The van der Waals surface area contributed by atoms with Gasteiger partial charge >= 0.3 is 5.97 Å². The van der Waals surface area contributed by atoms with Crippen molar-refractivity contribution in [3.8, 4) is 11.3 Å². The number of aryl methyl sites for hydroxylation is 1. The number of fused-ring (bicyclic) bond motifs is 1. The molecule has 0 spiro atoms. The van der Waals surface area contributed by atoms with Gasteiger partial charge < -0.3 is 9.52 Å². The van der Waals surface area contributed by atoms with E-state index in [0.29, 0.717) is 17.1 Å². The number of imidazole rings is 1. The summed E-state index contributed by atoms with van der Waals surface area (Å²) in [6.45, 7) is 1.84. The van der Waals surface area contributed by atoms with Crippen molar-refractivity contribution in [3.63, 3.8) is 0 Å². The Balaban J connectivity index is 2.21. The average Bonchev–Trinajstić information content (AvgIpc) is 2.97. The summed E-state index contributed by atoms with van der Waals surface area (Å²) >= 11 is 0. The molecule has 3 rings (SSSR count). The highest BCUT2D eigenvalue weighted by atomic mass is 16.4. The molecule has 0 aromatic carbocycles. The molecule has 0 radical (unpaired) electrons. The molecule has 96 valence electrons. The molecule has 1 N–H and O–H groups in total. The van der Waals surface area contributed by atoms with E-state index < -0.39 is 5.97 Å². The predicted octanol–water partition coefficient (Wildman–Crippen LogP) is 1.92. The lowest BCUT2D eigenvalue weighted by Gasteiger charge is -2.02. The Morgan fingerprint density at radius 3 is 3.05 bits per heavy atom. The maximum Gasteiger partial charge on any atom is 0.309 e. The number of carbonyl (C=O) groups is 1. The summed E-state index contributed by atoms with van der Waals surface area (Å²) in [6.07, 6.45) is 4.84. The number of nitrogens with zero attached hydrogens (tertiary/aromatic N) is 3. The molecule has 6 nitrogen and oxygen atoms in total. The second kappa shape index (κ2) is 4.24. The molecule has 19 heavy (non-hydrogen) atoms. The Hall–Kier alpha value is -2.63. The van der Waals surface area contributed by atoms with Gasteiger partial charge in [-0.05, 0) is 19.1 Å². The number of carboxylic acids is 1. The monoisotopic (exact) mass is 257 g/mol. The zero-order valence-corrected chi connectivity index (χ0v) is 10.2. The Morgan fingerprint density at radius 1 is 1.53 bits per heavy atom. The fourth-order valence-electron chi connectivity index (χ4n) is 1.99. The van der Waals surface area contributed by atoms with Gasteiger partial charge in [-0.15, -0.1) is 0 Å². The number of carboxylic acid groups (broad SMARTS) is 1. The van der Waals surface area contributed by atoms with Crippen LogP contribution in [0, 0.1) is 6.92 Å². The van der Waals surface area contributed by atoms with E-state index >= 15 is 0 Å². The van der Waals surface area contributed by atoms with Crippen LogP contribution in [0.15, 0.2) is 35.2 Å². The second-order valence-electron chi connectivity index (χ2n) is 4.19. The third-order valence-electron chi connectivity index (χ3n) is 2.84. The lowest BCUT2D eigenvalue weighted by Crippen LogP contribution is -1.99. The second-order valence-corrected chi connectivity index (χ2v) is 4.19. The standard InChI is InChI=1S/C13H11N3O3/c1-8-14-6-10(11-3-2-4-19-11)13-15-9(5-12(17)18)7-16(8)13/h2-4,6-7H,5H2,1H3,(H,17,18). The van der Waals surface area contributed by atoms with Crippen LogP contribution in [0.5, 0.6) is 0 Å². The first kappa shape index (κ1) is 11.5. The fraction of sp³-hybridized carbons (Fsp3) is 0.154. The quantitative estimate of drug-likeness (QED) is 0.775. The van der Waals surface area contributed by atoms with Crippen LogP contribution in [0.3, 0.4) is 0 Å². The molecule has 0 aliphatic heterocycles. The molecule has 0 aliphatic carbocycles. The third-order valence-corrected chi connectivity index (χ3v) is 2.84. The number of aliphatic carboxylic acids is 1. The molecule has 3 aromatic rings. The molecule has 0 fully saturated rings. The zero-order valence-electron chi connectivity index (χ0n) is 10.2. The molecule has 3 aromatic heterocycles. The highest BCUT2D eigenvalue weighted by molar-refractivity contribution is 5.75. The van der Waals surface area contributed by atoms with E-state index in [9.17, 15) is 4.79 Å². The van der Waals surface area contributed by atoms with Gasteiger partial charge in [0.2, 0.25) is 0 Å². The van der Waals surface area contributed by atoms with Crippen molar-refractivity contribution in [1.82, 2.24) is 14.4 Å². The first-order chi connectivity index (χ1) is 9.15. The molecule has 0 atom stereocenters. The van der Waals surface area contributed by atoms with Gasteiger partial charge in [0.1, 0.15) is 11.6 Å². The van der Waals surface area contributed by atoms with E-state index in [2.05, 4.69) is 9.97 Å². The van der Waals surface area contributed by atoms with Gasteiger partial charge in [0.15, 0.2) is 5.65 Å². The van der Waals surface area contributed by atoms with Crippen LogP contribution in [0.25, 0.3) is 17.0 Å².